The first kappa shape index (κ1) is 16.1. The maximum Gasteiger partial charge on any atom is 0.234 e. The minimum absolute atomic E-state index is 0.580. The molecule has 0 bridgehead atoms. The van der Waals surface area contributed by atoms with E-state index in [2.05, 4.69) is 47.8 Å². The molecule has 0 spiro atoms. The van der Waals surface area contributed by atoms with Gasteiger partial charge in [-0.05, 0) is 54.1 Å². The van der Waals surface area contributed by atoms with Gasteiger partial charge in [0.05, 0.1) is 5.54 Å². The number of hydrogen-bond acceptors (Lipinski definition) is 4. The summed E-state index contributed by atoms with van der Waals surface area (Å²) in [7, 11) is 0. The molecule has 2 aromatic carbocycles. The zero-order valence-electron chi connectivity index (χ0n) is 12.4. The molecular weight excluding hydrogens is 409 g/mol. The van der Waals surface area contributed by atoms with E-state index in [9.17, 15) is 10.2 Å². The second kappa shape index (κ2) is 5.72. The van der Waals surface area contributed by atoms with Gasteiger partial charge in [0.2, 0.25) is 3.79 Å². The Morgan fingerprint density at radius 2 is 1.73 bits per heavy atom. The van der Waals surface area contributed by atoms with Crippen molar-refractivity contribution in [1.29, 1.82) is 0 Å². The molecule has 3 aromatic rings. The van der Waals surface area contributed by atoms with Crippen molar-refractivity contribution in [2.45, 2.75) is 29.7 Å². The Bertz CT molecular complexity index is 820. The predicted octanol–water partition coefficient (Wildman–Crippen LogP) is 4.00. The highest BCUT2D eigenvalue weighted by Crippen LogP contribution is 2.36. The van der Waals surface area contributed by atoms with Crippen molar-refractivity contribution in [2.75, 3.05) is 0 Å². The predicted molar refractivity (Wildman–Crippen MR) is 101 cm³/mol. The smallest absolute Gasteiger partial charge is 0.234 e. The van der Waals surface area contributed by atoms with Gasteiger partial charge in [-0.1, -0.05) is 30.3 Å². The van der Waals surface area contributed by atoms with E-state index in [4.69, 9.17) is 0 Å². The number of alkyl halides is 1. The Hall–Kier alpha value is -0.730. The van der Waals surface area contributed by atoms with Gasteiger partial charge in [0.15, 0.2) is 0 Å². The first-order valence-corrected chi connectivity index (χ1v) is 8.97. The standard InChI is InChI=1S/C17H18INO2S/c1-16(2,17(18,20)21)19-10-11-6-5-9-14-15(11)12-7-3-4-8-13(12)22-14/h3-9,19-21H,10H2,1-2H3. The molecule has 1 heterocycles. The SMILES string of the molecule is CC(C)(NCc1cccc2sc3ccccc3c12)C(O)(O)I. The van der Waals surface area contributed by atoms with E-state index >= 15 is 0 Å². The third-order valence-electron chi connectivity index (χ3n) is 4.00. The van der Waals surface area contributed by atoms with Crippen LogP contribution in [-0.4, -0.2) is 19.5 Å². The Kier molecular flexibility index (Phi) is 4.20. The van der Waals surface area contributed by atoms with Gasteiger partial charge in [-0.25, -0.2) is 0 Å². The Morgan fingerprint density at radius 1 is 1.05 bits per heavy atom. The molecule has 0 radical (unpaired) electrons. The number of halogens is 1. The molecule has 0 atom stereocenters. The summed E-state index contributed by atoms with van der Waals surface area (Å²) in [5, 5.41) is 25.5. The summed E-state index contributed by atoms with van der Waals surface area (Å²) in [6, 6.07) is 14.7. The molecular formula is C17H18INO2S. The number of benzene rings is 2. The molecule has 22 heavy (non-hydrogen) atoms. The number of nitrogens with one attached hydrogen (secondary N) is 1. The molecule has 3 nitrogen and oxygen atoms in total. The third kappa shape index (κ3) is 2.88. The molecule has 0 aliphatic carbocycles. The molecule has 0 aliphatic rings. The average molecular weight is 427 g/mol. The van der Waals surface area contributed by atoms with Crippen LogP contribution in [0.4, 0.5) is 0 Å². The minimum Gasteiger partial charge on any atom is -0.356 e. The highest BCUT2D eigenvalue weighted by Gasteiger charge is 2.39. The second-order valence-electron chi connectivity index (χ2n) is 5.95. The van der Waals surface area contributed by atoms with Crippen LogP contribution >= 0.6 is 33.9 Å². The molecule has 0 saturated carbocycles. The summed E-state index contributed by atoms with van der Waals surface area (Å²) in [6.07, 6.45) is 0. The molecule has 0 unspecified atom stereocenters. The largest absolute Gasteiger partial charge is 0.356 e. The van der Waals surface area contributed by atoms with Gasteiger partial charge in [0.25, 0.3) is 0 Å². The lowest BCUT2D eigenvalue weighted by atomic mass is 10.0. The summed E-state index contributed by atoms with van der Waals surface area (Å²) >= 11 is 3.43. The fraction of sp³-hybridized carbons (Fsp3) is 0.294. The molecule has 116 valence electrons. The van der Waals surface area contributed by atoms with Gasteiger partial charge < -0.3 is 15.5 Å². The first-order chi connectivity index (χ1) is 10.3. The van der Waals surface area contributed by atoms with Crippen LogP contribution in [0.2, 0.25) is 0 Å². The fourth-order valence-corrected chi connectivity index (χ4v) is 3.77. The number of thiophene rings is 1. The quantitative estimate of drug-likeness (QED) is 0.335. The van der Waals surface area contributed by atoms with Gasteiger partial charge in [0, 0.05) is 26.7 Å². The van der Waals surface area contributed by atoms with Crippen LogP contribution in [0.15, 0.2) is 42.5 Å². The van der Waals surface area contributed by atoms with Gasteiger partial charge >= 0.3 is 0 Å². The van der Waals surface area contributed by atoms with E-state index in [0.29, 0.717) is 6.54 Å². The Morgan fingerprint density at radius 3 is 2.45 bits per heavy atom. The minimum atomic E-state index is -1.81. The van der Waals surface area contributed by atoms with Gasteiger partial charge in [0.1, 0.15) is 0 Å². The average Bonchev–Trinajstić information content (AvgIpc) is 2.83. The lowest BCUT2D eigenvalue weighted by molar-refractivity contribution is -0.115. The topological polar surface area (TPSA) is 52.5 Å². The number of fused-ring (bicyclic) bond motifs is 3. The lowest BCUT2D eigenvalue weighted by Crippen LogP contribution is -2.55. The molecule has 3 rings (SSSR count). The molecule has 0 aliphatic heterocycles. The Labute approximate surface area is 147 Å². The molecule has 1 aromatic heterocycles. The number of hydrogen-bond donors (Lipinski definition) is 3. The van der Waals surface area contributed by atoms with E-state index in [1.165, 1.54) is 25.7 Å². The maximum absolute atomic E-state index is 9.85. The zero-order valence-corrected chi connectivity index (χ0v) is 15.4. The molecule has 3 N–H and O–H groups in total. The van der Waals surface area contributed by atoms with Crippen molar-refractivity contribution in [2.24, 2.45) is 0 Å². The van der Waals surface area contributed by atoms with E-state index in [0.717, 1.165) is 0 Å². The van der Waals surface area contributed by atoms with E-state index in [-0.39, 0.29) is 0 Å². The van der Waals surface area contributed by atoms with Crippen molar-refractivity contribution in [3.8, 4) is 0 Å². The monoisotopic (exact) mass is 427 g/mol. The van der Waals surface area contributed by atoms with Crippen molar-refractivity contribution in [3.63, 3.8) is 0 Å². The number of aliphatic hydroxyl groups is 2. The molecule has 0 saturated heterocycles. The van der Waals surface area contributed by atoms with Gasteiger partial charge in [-0.2, -0.15) is 0 Å². The zero-order chi connectivity index (χ0) is 16.0. The van der Waals surface area contributed by atoms with Crippen LogP contribution in [0.5, 0.6) is 0 Å². The Balaban J connectivity index is 2.01. The lowest BCUT2D eigenvalue weighted by Gasteiger charge is -2.34. The maximum atomic E-state index is 9.85. The van der Waals surface area contributed by atoms with E-state index < -0.39 is 9.33 Å². The summed E-state index contributed by atoms with van der Waals surface area (Å²) in [5.74, 6) is 0. The molecule has 5 heteroatoms. The van der Waals surface area contributed by atoms with Crippen LogP contribution in [0.25, 0.3) is 20.2 Å². The molecule has 0 fully saturated rings. The highest BCUT2D eigenvalue weighted by atomic mass is 127. The van der Waals surface area contributed by atoms with E-state index in [1.807, 2.05) is 0 Å². The fourth-order valence-electron chi connectivity index (χ4n) is 2.42. The second-order valence-corrected chi connectivity index (χ2v) is 8.54. The van der Waals surface area contributed by atoms with Crippen LogP contribution in [0.3, 0.4) is 0 Å². The molecule has 0 amide bonds. The van der Waals surface area contributed by atoms with Crippen LogP contribution < -0.4 is 5.32 Å². The normalized spacial score (nSPS) is 13.1. The van der Waals surface area contributed by atoms with Crippen molar-refractivity contribution >= 4 is 54.1 Å². The van der Waals surface area contributed by atoms with E-state index in [1.54, 1.807) is 47.8 Å². The van der Waals surface area contributed by atoms with Crippen molar-refractivity contribution < 1.29 is 10.2 Å². The van der Waals surface area contributed by atoms with Crippen LogP contribution in [-0.2, 0) is 6.54 Å². The summed E-state index contributed by atoms with van der Waals surface area (Å²) in [4.78, 5) is 0. The highest BCUT2D eigenvalue weighted by molar-refractivity contribution is 14.1. The van der Waals surface area contributed by atoms with Gasteiger partial charge in [-0.15, -0.1) is 11.3 Å². The van der Waals surface area contributed by atoms with Gasteiger partial charge in [-0.3, -0.25) is 0 Å². The first-order valence-electron chi connectivity index (χ1n) is 7.07. The number of rotatable bonds is 4. The van der Waals surface area contributed by atoms with Crippen LogP contribution in [0.1, 0.15) is 19.4 Å². The summed E-state index contributed by atoms with van der Waals surface area (Å²) in [5.41, 5.74) is 0.352. The third-order valence-corrected chi connectivity index (χ3v) is 6.49. The summed E-state index contributed by atoms with van der Waals surface area (Å²) in [6.45, 7) is 4.15. The van der Waals surface area contributed by atoms with Crippen molar-refractivity contribution in [1.82, 2.24) is 5.32 Å². The summed E-state index contributed by atoms with van der Waals surface area (Å²) < 4.78 is 0.721. The van der Waals surface area contributed by atoms with Crippen molar-refractivity contribution in [3.05, 3.63) is 48.0 Å². The van der Waals surface area contributed by atoms with Crippen LogP contribution in [0, 0.1) is 0 Å².